The SMILES string of the molecule is CN(CCOc1ccccc1F)C(=O)c1cc(C(F)(F)F)cc(C(F)(F)F)c1. The smallest absolute Gasteiger partial charge is 0.416 e. The summed E-state index contributed by atoms with van der Waals surface area (Å²) in [6.07, 6.45) is -10.1. The molecule has 2 aromatic carbocycles. The van der Waals surface area contributed by atoms with Crippen molar-refractivity contribution in [3.05, 3.63) is 65.0 Å². The number of ether oxygens (including phenoxy) is 1. The first-order valence-corrected chi connectivity index (χ1v) is 7.82. The number of amides is 1. The van der Waals surface area contributed by atoms with Crippen LogP contribution in [0.1, 0.15) is 21.5 Å². The molecule has 0 radical (unpaired) electrons. The zero-order chi connectivity index (χ0) is 21.1. The molecule has 28 heavy (non-hydrogen) atoms. The van der Waals surface area contributed by atoms with Gasteiger partial charge in [-0.2, -0.15) is 26.3 Å². The molecule has 2 rings (SSSR count). The van der Waals surface area contributed by atoms with E-state index in [0.717, 1.165) is 11.0 Å². The maximum atomic E-state index is 13.4. The van der Waals surface area contributed by atoms with E-state index in [2.05, 4.69) is 0 Å². The molecule has 0 aromatic heterocycles. The summed E-state index contributed by atoms with van der Waals surface area (Å²) < 4.78 is 95.8. The van der Waals surface area contributed by atoms with E-state index in [4.69, 9.17) is 4.74 Å². The second-order valence-corrected chi connectivity index (χ2v) is 5.80. The number of carbonyl (C=O) groups is 1. The predicted molar refractivity (Wildman–Crippen MR) is 85.3 cm³/mol. The zero-order valence-electron chi connectivity index (χ0n) is 14.4. The van der Waals surface area contributed by atoms with Gasteiger partial charge in [-0.05, 0) is 30.3 Å². The van der Waals surface area contributed by atoms with Gasteiger partial charge in [0, 0.05) is 12.6 Å². The molecule has 0 fully saturated rings. The van der Waals surface area contributed by atoms with Gasteiger partial charge in [0.05, 0.1) is 17.7 Å². The highest BCUT2D eigenvalue weighted by molar-refractivity contribution is 5.94. The number of nitrogens with zero attached hydrogens (tertiary/aromatic N) is 1. The summed E-state index contributed by atoms with van der Waals surface area (Å²) in [6, 6.07) is 6.07. The van der Waals surface area contributed by atoms with Gasteiger partial charge in [-0.25, -0.2) is 4.39 Å². The molecule has 3 nitrogen and oxygen atoms in total. The van der Waals surface area contributed by atoms with Gasteiger partial charge in [0.1, 0.15) is 6.61 Å². The number of halogens is 7. The van der Waals surface area contributed by atoms with Gasteiger partial charge >= 0.3 is 12.4 Å². The van der Waals surface area contributed by atoms with E-state index >= 15 is 0 Å². The number of para-hydroxylation sites is 1. The van der Waals surface area contributed by atoms with Crippen LogP contribution in [-0.2, 0) is 12.4 Å². The van der Waals surface area contributed by atoms with E-state index in [-0.39, 0.29) is 25.0 Å². The highest BCUT2D eigenvalue weighted by Gasteiger charge is 2.37. The average Bonchev–Trinajstić information content (AvgIpc) is 2.60. The Morgan fingerprint density at radius 2 is 1.50 bits per heavy atom. The van der Waals surface area contributed by atoms with Crippen molar-refractivity contribution in [3.8, 4) is 5.75 Å². The fourth-order valence-corrected chi connectivity index (χ4v) is 2.25. The second kappa shape index (κ2) is 8.07. The van der Waals surface area contributed by atoms with Crippen LogP contribution in [0, 0.1) is 5.82 Å². The minimum atomic E-state index is -5.05. The van der Waals surface area contributed by atoms with Gasteiger partial charge in [0.15, 0.2) is 11.6 Å². The second-order valence-electron chi connectivity index (χ2n) is 5.80. The van der Waals surface area contributed by atoms with Crippen LogP contribution in [0.4, 0.5) is 30.7 Å². The minimum absolute atomic E-state index is 0.0575. The van der Waals surface area contributed by atoms with Crippen LogP contribution in [0.25, 0.3) is 0 Å². The van der Waals surface area contributed by atoms with E-state index in [1.54, 1.807) is 0 Å². The highest BCUT2D eigenvalue weighted by atomic mass is 19.4. The number of alkyl halides is 6. The first-order valence-electron chi connectivity index (χ1n) is 7.82. The van der Waals surface area contributed by atoms with Crippen molar-refractivity contribution in [3.63, 3.8) is 0 Å². The molecule has 0 aliphatic heterocycles. The number of benzene rings is 2. The third-order valence-electron chi connectivity index (χ3n) is 3.70. The van der Waals surface area contributed by atoms with E-state index in [0.29, 0.717) is 12.1 Å². The van der Waals surface area contributed by atoms with E-state index in [1.807, 2.05) is 0 Å². The van der Waals surface area contributed by atoms with E-state index in [9.17, 15) is 35.5 Å². The van der Waals surface area contributed by atoms with Gasteiger partial charge in [0.2, 0.25) is 0 Å². The number of likely N-dealkylation sites (N-methyl/N-ethyl adjacent to an activating group) is 1. The maximum absolute atomic E-state index is 13.4. The summed E-state index contributed by atoms with van der Waals surface area (Å²) in [7, 11) is 1.18. The van der Waals surface area contributed by atoms with Gasteiger partial charge in [-0.3, -0.25) is 4.79 Å². The van der Waals surface area contributed by atoms with Crippen LogP contribution < -0.4 is 4.74 Å². The summed E-state index contributed by atoms with van der Waals surface area (Å²) in [5.41, 5.74) is -3.93. The molecule has 0 unspecified atom stereocenters. The lowest BCUT2D eigenvalue weighted by molar-refractivity contribution is -0.143. The molecule has 0 aliphatic rings. The Morgan fingerprint density at radius 3 is 2.00 bits per heavy atom. The van der Waals surface area contributed by atoms with Crippen LogP contribution in [0.15, 0.2) is 42.5 Å². The summed E-state index contributed by atoms with van der Waals surface area (Å²) in [4.78, 5) is 13.2. The fourth-order valence-electron chi connectivity index (χ4n) is 2.25. The molecule has 10 heteroatoms. The van der Waals surface area contributed by atoms with E-state index in [1.165, 1.54) is 25.2 Å². The van der Waals surface area contributed by atoms with Crippen molar-refractivity contribution >= 4 is 5.91 Å². The van der Waals surface area contributed by atoms with Crippen molar-refractivity contribution < 1.29 is 40.3 Å². The normalized spacial score (nSPS) is 12.0. The van der Waals surface area contributed by atoms with Crippen molar-refractivity contribution in [2.45, 2.75) is 12.4 Å². The lowest BCUT2D eigenvalue weighted by atomic mass is 10.0. The van der Waals surface area contributed by atoms with Crippen molar-refractivity contribution in [1.82, 2.24) is 4.90 Å². The number of hydrogen-bond donors (Lipinski definition) is 0. The summed E-state index contributed by atoms with van der Waals surface area (Å²) >= 11 is 0. The summed E-state index contributed by atoms with van der Waals surface area (Å²) in [5.74, 6) is -1.81. The van der Waals surface area contributed by atoms with Crippen molar-refractivity contribution in [1.29, 1.82) is 0 Å². The minimum Gasteiger partial charge on any atom is -0.489 e. The zero-order valence-corrected chi connectivity index (χ0v) is 14.4. The molecule has 0 heterocycles. The lowest BCUT2D eigenvalue weighted by Crippen LogP contribution is -2.31. The predicted octanol–water partition coefficient (Wildman–Crippen LogP) is 5.01. The third kappa shape index (κ3) is 5.37. The highest BCUT2D eigenvalue weighted by Crippen LogP contribution is 2.36. The number of carbonyl (C=O) groups excluding carboxylic acids is 1. The topological polar surface area (TPSA) is 29.5 Å². The first-order chi connectivity index (χ1) is 12.9. The largest absolute Gasteiger partial charge is 0.489 e. The van der Waals surface area contributed by atoms with Crippen LogP contribution >= 0.6 is 0 Å². The lowest BCUT2D eigenvalue weighted by Gasteiger charge is -2.19. The Hall–Kier alpha value is -2.78. The molecule has 0 bridgehead atoms. The quantitative estimate of drug-likeness (QED) is 0.650. The molecule has 0 spiro atoms. The standard InChI is InChI=1S/C18H14F7NO2/c1-26(6-7-28-15-5-3-2-4-14(15)19)16(27)11-8-12(17(20,21)22)10-13(9-11)18(23,24)25/h2-5,8-10H,6-7H2,1H3. The maximum Gasteiger partial charge on any atom is 0.416 e. The van der Waals surface area contributed by atoms with Gasteiger partial charge in [-0.1, -0.05) is 12.1 Å². The van der Waals surface area contributed by atoms with Gasteiger partial charge < -0.3 is 9.64 Å². The molecule has 2 aromatic rings. The summed E-state index contributed by atoms with van der Waals surface area (Å²) in [6.45, 7) is -0.404. The fraction of sp³-hybridized carbons (Fsp3) is 0.278. The van der Waals surface area contributed by atoms with Gasteiger partial charge in [-0.15, -0.1) is 0 Å². The average molecular weight is 409 g/mol. The Morgan fingerprint density at radius 1 is 0.964 bits per heavy atom. The first kappa shape index (κ1) is 21.5. The Bertz CT molecular complexity index is 814. The third-order valence-corrected chi connectivity index (χ3v) is 3.70. The molecule has 1 amide bonds. The Labute approximate surface area is 155 Å². The molecular formula is C18H14F7NO2. The van der Waals surface area contributed by atoms with E-state index < -0.39 is 40.8 Å². The number of hydrogen-bond acceptors (Lipinski definition) is 2. The van der Waals surface area contributed by atoms with Crippen LogP contribution in [0.2, 0.25) is 0 Å². The van der Waals surface area contributed by atoms with Crippen LogP contribution in [0.3, 0.4) is 0 Å². The van der Waals surface area contributed by atoms with Crippen LogP contribution in [0.5, 0.6) is 5.75 Å². The molecule has 0 saturated heterocycles. The molecule has 0 N–H and O–H groups in total. The summed E-state index contributed by atoms with van der Waals surface area (Å²) in [5, 5.41) is 0. The van der Waals surface area contributed by atoms with Crippen LogP contribution in [-0.4, -0.2) is 31.0 Å². The number of rotatable bonds is 5. The monoisotopic (exact) mass is 409 g/mol. The van der Waals surface area contributed by atoms with Crippen molar-refractivity contribution in [2.75, 3.05) is 20.2 Å². The molecular weight excluding hydrogens is 395 g/mol. The Balaban J connectivity index is 2.16. The molecule has 152 valence electrons. The molecule has 0 saturated carbocycles. The molecule has 0 aliphatic carbocycles. The Kier molecular flexibility index (Phi) is 6.20. The van der Waals surface area contributed by atoms with Gasteiger partial charge in [0.25, 0.3) is 5.91 Å². The van der Waals surface area contributed by atoms with Crippen molar-refractivity contribution in [2.24, 2.45) is 0 Å². The molecule has 0 atom stereocenters.